The molecule has 132 valence electrons. The first kappa shape index (κ1) is 18.2. The second-order valence-electron chi connectivity index (χ2n) is 5.28. The van der Waals surface area contributed by atoms with Crippen LogP contribution in [0.5, 0.6) is 5.75 Å². The van der Waals surface area contributed by atoms with Crippen molar-refractivity contribution >= 4 is 12.3 Å². The summed E-state index contributed by atoms with van der Waals surface area (Å²) in [6.07, 6.45) is 1.58. The zero-order valence-electron chi connectivity index (χ0n) is 13.9. The second-order valence-corrected chi connectivity index (χ2v) is 5.28. The van der Waals surface area contributed by atoms with Crippen molar-refractivity contribution in [2.45, 2.75) is 12.8 Å². The minimum atomic E-state index is -0.423. The molecular weight excluding hydrogens is 324 g/mol. The Hall–Kier alpha value is -3.16. The van der Waals surface area contributed by atoms with E-state index in [1.54, 1.807) is 7.11 Å². The number of benzene rings is 1. The first-order chi connectivity index (χ1) is 12.1. The Morgan fingerprint density at radius 2 is 2.04 bits per heavy atom. The van der Waals surface area contributed by atoms with Gasteiger partial charge >= 0.3 is 0 Å². The van der Waals surface area contributed by atoms with Crippen molar-refractivity contribution in [2.75, 3.05) is 20.2 Å². The van der Waals surface area contributed by atoms with Crippen LogP contribution < -0.4 is 20.9 Å². The Kier molecular flexibility index (Phi) is 6.70. The lowest BCUT2D eigenvalue weighted by molar-refractivity contribution is -0.109. The summed E-state index contributed by atoms with van der Waals surface area (Å²) in [5, 5.41) is 5.17. The minimum Gasteiger partial charge on any atom is -0.497 e. The van der Waals surface area contributed by atoms with Gasteiger partial charge < -0.3 is 20.4 Å². The Morgan fingerprint density at radius 3 is 2.72 bits per heavy atom. The molecule has 2 amide bonds. The molecule has 1 aromatic carbocycles. The van der Waals surface area contributed by atoms with Gasteiger partial charge in [0.05, 0.1) is 7.11 Å². The van der Waals surface area contributed by atoms with Crippen LogP contribution in [0.2, 0.25) is 0 Å². The number of methoxy groups -OCH3 is 1. The van der Waals surface area contributed by atoms with Crippen LogP contribution in [0.25, 0.3) is 0 Å². The largest absolute Gasteiger partial charge is 0.497 e. The number of carbonyl (C=O) groups excluding carboxylic acids is 2. The van der Waals surface area contributed by atoms with Gasteiger partial charge in [-0.25, -0.2) is 4.98 Å². The van der Waals surface area contributed by atoms with Crippen LogP contribution in [0.4, 0.5) is 0 Å². The summed E-state index contributed by atoms with van der Waals surface area (Å²) in [5.41, 5.74) is 0.614. The summed E-state index contributed by atoms with van der Waals surface area (Å²) >= 11 is 0. The fourth-order valence-electron chi connectivity index (χ4n) is 2.19. The third-order valence-corrected chi connectivity index (χ3v) is 3.42. The highest BCUT2D eigenvalue weighted by Gasteiger charge is 2.10. The van der Waals surface area contributed by atoms with Gasteiger partial charge in [-0.3, -0.25) is 14.4 Å². The first-order valence-electron chi connectivity index (χ1n) is 7.81. The zero-order valence-corrected chi connectivity index (χ0v) is 13.9. The zero-order chi connectivity index (χ0) is 18.1. The molecule has 0 saturated heterocycles. The molecule has 2 rings (SSSR count). The summed E-state index contributed by atoms with van der Waals surface area (Å²) in [5.74, 6) is 0.723. The number of hydrogen-bond acceptors (Lipinski definition) is 5. The molecule has 0 aliphatic carbocycles. The molecule has 0 radical (unpaired) electrons. The summed E-state index contributed by atoms with van der Waals surface area (Å²) in [4.78, 5) is 40.8. The van der Waals surface area contributed by atoms with Gasteiger partial charge in [0.1, 0.15) is 17.3 Å². The van der Waals surface area contributed by atoms with Crippen LogP contribution in [0.3, 0.4) is 0 Å². The lowest BCUT2D eigenvalue weighted by Gasteiger charge is -2.07. The van der Waals surface area contributed by atoms with Crippen LogP contribution in [-0.2, 0) is 11.2 Å². The van der Waals surface area contributed by atoms with Crippen molar-refractivity contribution in [1.29, 1.82) is 0 Å². The van der Waals surface area contributed by atoms with Gasteiger partial charge in [-0.2, -0.15) is 0 Å². The summed E-state index contributed by atoms with van der Waals surface area (Å²) in [6.45, 7) is 0.845. The Bertz CT molecular complexity index is 771. The van der Waals surface area contributed by atoms with E-state index in [-0.39, 0.29) is 11.3 Å². The standard InChI is InChI=1S/C17H20N4O4/c1-25-13-5-3-12(4-6-13)9-15-20-14(10-16(23)21-15)17(24)19-8-2-7-18-11-22/h3-6,10-11H,2,7-9H2,1H3,(H,18,22)(H,19,24)(H,20,21,23). The highest BCUT2D eigenvalue weighted by atomic mass is 16.5. The summed E-state index contributed by atoms with van der Waals surface area (Å²) < 4.78 is 5.10. The van der Waals surface area contributed by atoms with E-state index in [4.69, 9.17) is 4.74 Å². The maximum atomic E-state index is 12.1. The third-order valence-electron chi connectivity index (χ3n) is 3.42. The number of amides is 2. The summed E-state index contributed by atoms with van der Waals surface area (Å²) in [6, 6.07) is 8.53. The number of carbonyl (C=O) groups is 2. The predicted molar refractivity (Wildman–Crippen MR) is 91.7 cm³/mol. The van der Waals surface area contributed by atoms with E-state index in [1.165, 1.54) is 0 Å². The van der Waals surface area contributed by atoms with Crippen molar-refractivity contribution in [1.82, 2.24) is 20.6 Å². The number of rotatable bonds is 9. The van der Waals surface area contributed by atoms with E-state index in [2.05, 4.69) is 20.6 Å². The lowest BCUT2D eigenvalue weighted by atomic mass is 10.1. The Balaban J connectivity index is 2.02. The minimum absolute atomic E-state index is 0.0654. The Labute approximate surface area is 144 Å². The van der Waals surface area contributed by atoms with E-state index in [0.717, 1.165) is 17.4 Å². The predicted octanol–water partition coefficient (Wildman–Crippen LogP) is 0.235. The van der Waals surface area contributed by atoms with Crippen LogP contribution in [0.15, 0.2) is 35.1 Å². The molecule has 25 heavy (non-hydrogen) atoms. The number of hydrogen-bond donors (Lipinski definition) is 3. The molecule has 0 aliphatic heterocycles. The van der Waals surface area contributed by atoms with Crippen molar-refractivity contribution < 1.29 is 14.3 Å². The third kappa shape index (κ3) is 5.76. The molecule has 8 nitrogen and oxygen atoms in total. The molecule has 0 aliphatic rings. The fraction of sp³-hybridized carbons (Fsp3) is 0.294. The molecule has 2 aromatic rings. The molecule has 0 spiro atoms. The van der Waals surface area contributed by atoms with E-state index in [9.17, 15) is 14.4 Å². The van der Waals surface area contributed by atoms with Gasteiger partial charge in [-0.05, 0) is 24.1 Å². The van der Waals surface area contributed by atoms with E-state index >= 15 is 0 Å². The molecule has 8 heteroatoms. The van der Waals surface area contributed by atoms with Gasteiger partial charge in [0.25, 0.3) is 11.5 Å². The molecule has 0 unspecified atom stereocenters. The highest BCUT2D eigenvalue weighted by molar-refractivity contribution is 5.92. The molecule has 0 bridgehead atoms. The van der Waals surface area contributed by atoms with Crippen molar-refractivity contribution in [3.63, 3.8) is 0 Å². The van der Waals surface area contributed by atoms with Gasteiger partial charge in [-0.15, -0.1) is 0 Å². The smallest absolute Gasteiger partial charge is 0.270 e. The molecular formula is C17H20N4O4. The molecule has 0 atom stereocenters. The number of aromatic amines is 1. The maximum absolute atomic E-state index is 12.1. The van der Waals surface area contributed by atoms with E-state index < -0.39 is 5.91 Å². The van der Waals surface area contributed by atoms with Crippen molar-refractivity contribution in [2.24, 2.45) is 0 Å². The van der Waals surface area contributed by atoms with E-state index in [0.29, 0.717) is 38.2 Å². The van der Waals surface area contributed by atoms with E-state index in [1.807, 2.05) is 24.3 Å². The average molecular weight is 344 g/mol. The second kappa shape index (κ2) is 9.21. The molecule has 3 N–H and O–H groups in total. The summed E-state index contributed by atoms with van der Waals surface area (Å²) in [7, 11) is 1.59. The Morgan fingerprint density at radius 1 is 1.28 bits per heavy atom. The van der Waals surface area contributed by atoms with Gasteiger partial charge in [-0.1, -0.05) is 12.1 Å². The normalized spacial score (nSPS) is 10.1. The number of H-pyrrole nitrogens is 1. The van der Waals surface area contributed by atoms with Crippen molar-refractivity contribution in [3.8, 4) is 5.75 Å². The van der Waals surface area contributed by atoms with Crippen LogP contribution >= 0.6 is 0 Å². The SMILES string of the molecule is COc1ccc(Cc2nc(C(=O)NCCCNC=O)cc(=O)[nH]2)cc1. The fourth-order valence-corrected chi connectivity index (χ4v) is 2.19. The average Bonchev–Trinajstić information content (AvgIpc) is 2.61. The maximum Gasteiger partial charge on any atom is 0.270 e. The van der Waals surface area contributed by atoms with Gasteiger partial charge in [0.15, 0.2) is 0 Å². The topological polar surface area (TPSA) is 113 Å². The van der Waals surface area contributed by atoms with Crippen LogP contribution in [0, 0.1) is 0 Å². The monoisotopic (exact) mass is 344 g/mol. The number of ether oxygens (including phenoxy) is 1. The first-order valence-corrected chi connectivity index (χ1v) is 7.81. The molecule has 1 heterocycles. The van der Waals surface area contributed by atoms with Gasteiger partial charge in [0.2, 0.25) is 6.41 Å². The number of nitrogens with zero attached hydrogens (tertiary/aromatic N) is 1. The number of aromatic nitrogens is 2. The lowest BCUT2D eigenvalue weighted by Crippen LogP contribution is -2.29. The highest BCUT2D eigenvalue weighted by Crippen LogP contribution is 2.13. The van der Waals surface area contributed by atoms with Crippen LogP contribution in [-0.4, -0.2) is 42.5 Å². The number of nitrogens with one attached hydrogen (secondary N) is 3. The molecule has 1 aromatic heterocycles. The van der Waals surface area contributed by atoms with Crippen molar-refractivity contribution in [3.05, 3.63) is 57.8 Å². The molecule has 0 fully saturated rings. The quantitative estimate of drug-likeness (QED) is 0.445. The van der Waals surface area contributed by atoms with Crippen LogP contribution in [0.1, 0.15) is 28.3 Å². The van der Waals surface area contributed by atoms with Gasteiger partial charge in [0, 0.05) is 25.6 Å². The molecule has 0 saturated carbocycles.